The van der Waals surface area contributed by atoms with E-state index in [9.17, 15) is 9.18 Å². The lowest BCUT2D eigenvalue weighted by Crippen LogP contribution is -2.14. The molecule has 1 aromatic heterocycles. The Morgan fingerprint density at radius 1 is 1.20 bits per heavy atom. The molecule has 5 heteroatoms. The van der Waals surface area contributed by atoms with Crippen LogP contribution in [0.15, 0.2) is 30.3 Å². The number of anilines is 2. The van der Waals surface area contributed by atoms with Gasteiger partial charge in [0.1, 0.15) is 11.6 Å². The quantitative estimate of drug-likeness (QED) is 0.903. The van der Waals surface area contributed by atoms with Gasteiger partial charge in [0.2, 0.25) is 0 Å². The van der Waals surface area contributed by atoms with Gasteiger partial charge >= 0.3 is 0 Å². The van der Waals surface area contributed by atoms with E-state index in [4.69, 9.17) is 0 Å². The fourth-order valence-corrected chi connectivity index (χ4v) is 1.86. The van der Waals surface area contributed by atoms with E-state index in [1.54, 1.807) is 38.2 Å². The number of aromatic nitrogens is 1. The van der Waals surface area contributed by atoms with Gasteiger partial charge < -0.3 is 10.6 Å². The van der Waals surface area contributed by atoms with E-state index in [0.29, 0.717) is 17.1 Å². The molecule has 0 spiro atoms. The van der Waals surface area contributed by atoms with Gasteiger partial charge in [-0.1, -0.05) is 6.07 Å². The number of hydrogen-bond donors (Lipinski definition) is 2. The van der Waals surface area contributed by atoms with Gasteiger partial charge in [0.15, 0.2) is 0 Å². The summed E-state index contributed by atoms with van der Waals surface area (Å²) in [6, 6.07) is 7.86. The predicted octanol–water partition coefficient (Wildman–Crippen LogP) is 3.13. The Morgan fingerprint density at radius 3 is 2.65 bits per heavy atom. The second-order valence-electron chi connectivity index (χ2n) is 4.57. The molecule has 0 fully saturated rings. The number of hydrogen-bond acceptors (Lipinski definition) is 3. The van der Waals surface area contributed by atoms with Crippen molar-refractivity contribution in [2.24, 2.45) is 0 Å². The molecule has 0 saturated carbocycles. The van der Waals surface area contributed by atoms with Crippen molar-refractivity contribution >= 4 is 17.4 Å². The first-order valence-electron chi connectivity index (χ1n) is 6.23. The van der Waals surface area contributed by atoms with Crippen molar-refractivity contribution in [3.63, 3.8) is 0 Å². The van der Waals surface area contributed by atoms with Gasteiger partial charge in [0.05, 0.1) is 5.69 Å². The van der Waals surface area contributed by atoms with Crippen LogP contribution in [-0.4, -0.2) is 17.9 Å². The Labute approximate surface area is 117 Å². The van der Waals surface area contributed by atoms with Crippen molar-refractivity contribution < 1.29 is 9.18 Å². The Bertz CT molecular complexity index is 656. The SMILES string of the molecule is CNc1cc(C(=O)Nc2cc(C)ccc2F)cc(C)n1. The van der Waals surface area contributed by atoms with E-state index < -0.39 is 5.82 Å². The minimum atomic E-state index is -0.455. The number of aryl methyl sites for hydroxylation is 2. The van der Waals surface area contributed by atoms with Crippen molar-refractivity contribution in [3.05, 3.63) is 53.0 Å². The van der Waals surface area contributed by atoms with E-state index >= 15 is 0 Å². The molecule has 1 aromatic carbocycles. The molecule has 0 aliphatic rings. The Balaban J connectivity index is 2.28. The van der Waals surface area contributed by atoms with Crippen LogP contribution in [0.2, 0.25) is 0 Å². The number of pyridine rings is 1. The number of nitrogens with zero attached hydrogens (tertiary/aromatic N) is 1. The molecule has 104 valence electrons. The van der Waals surface area contributed by atoms with Crippen LogP contribution in [-0.2, 0) is 0 Å². The smallest absolute Gasteiger partial charge is 0.255 e. The summed E-state index contributed by atoms with van der Waals surface area (Å²) in [4.78, 5) is 16.4. The zero-order chi connectivity index (χ0) is 14.7. The topological polar surface area (TPSA) is 54.0 Å². The van der Waals surface area contributed by atoms with Gasteiger partial charge in [-0.2, -0.15) is 0 Å². The van der Waals surface area contributed by atoms with E-state index in [2.05, 4.69) is 15.6 Å². The summed E-state index contributed by atoms with van der Waals surface area (Å²) >= 11 is 0. The van der Waals surface area contributed by atoms with Gasteiger partial charge in [-0.15, -0.1) is 0 Å². The fraction of sp³-hybridized carbons (Fsp3) is 0.200. The van der Waals surface area contributed by atoms with Crippen LogP contribution >= 0.6 is 0 Å². The fourth-order valence-electron chi connectivity index (χ4n) is 1.86. The maximum atomic E-state index is 13.6. The largest absolute Gasteiger partial charge is 0.373 e. The van der Waals surface area contributed by atoms with Gasteiger partial charge in [-0.25, -0.2) is 9.37 Å². The van der Waals surface area contributed by atoms with Gasteiger partial charge in [-0.3, -0.25) is 4.79 Å². The molecule has 2 aromatic rings. The van der Waals surface area contributed by atoms with Crippen molar-refractivity contribution in [1.82, 2.24) is 4.98 Å². The number of nitrogens with one attached hydrogen (secondary N) is 2. The van der Waals surface area contributed by atoms with Gasteiger partial charge in [-0.05, 0) is 43.7 Å². The molecule has 0 saturated heterocycles. The Kier molecular flexibility index (Phi) is 3.98. The number of halogens is 1. The van der Waals surface area contributed by atoms with E-state index in [1.165, 1.54) is 6.07 Å². The lowest BCUT2D eigenvalue weighted by atomic mass is 10.2. The van der Waals surface area contributed by atoms with E-state index in [0.717, 1.165) is 5.56 Å². The molecule has 0 aliphatic carbocycles. The normalized spacial score (nSPS) is 10.2. The summed E-state index contributed by atoms with van der Waals surface area (Å²) in [5.74, 6) is -0.222. The summed E-state index contributed by atoms with van der Waals surface area (Å²) in [6.07, 6.45) is 0. The van der Waals surface area contributed by atoms with Crippen molar-refractivity contribution in [3.8, 4) is 0 Å². The van der Waals surface area contributed by atoms with E-state index in [-0.39, 0.29) is 11.6 Å². The van der Waals surface area contributed by atoms with E-state index in [1.807, 2.05) is 6.92 Å². The molecular formula is C15H16FN3O. The van der Waals surface area contributed by atoms with Crippen LogP contribution in [0.1, 0.15) is 21.6 Å². The Hall–Kier alpha value is -2.43. The van der Waals surface area contributed by atoms with Crippen LogP contribution in [0, 0.1) is 19.7 Å². The van der Waals surface area contributed by atoms with Crippen molar-refractivity contribution in [2.45, 2.75) is 13.8 Å². The summed E-state index contributed by atoms with van der Waals surface area (Å²) in [7, 11) is 1.73. The van der Waals surface area contributed by atoms with Crippen molar-refractivity contribution in [1.29, 1.82) is 0 Å². The third kappa shape index (κ3) is 3.12. The molecule has 2 rings (SSSR count). The highest BCUT2D eigenvalue weighted by Crippen LogP contribution is 2.18. The van der Waals surface area contributed by atoms with Crippen LogP contribution in [0.25, 0.3) is 0 Å². The first-order chi connectivity index (χ1) is 9.49. The number of carbonyl (C=O) groups excluding carboxylic acids is 1. The van der Waals surface area contributed by atoms with Crippen LogP contribution in [0.4, 0.5) is 15.9 Å². The zero-order valence-corrected chi connectivity index (χ0v) is 11.6. The molecule has 1 heterocycles. The number of carbonyl (C=O) groups is 1. The molecule has 0 unspecified atom stereocenters. The summed E-state index contributed by atoms with van der Waals surface area (Å²) < 4.78 is 13.6. The van der Waals surface area contributed by atoms with Crippen LogP contribution in [0.3, 0.4) is 0 Å². The average molecular weight is 273 g/mol. The number of benzene rings is 1. The molecule has 4 nitrogen and oxygen atoms in total. The maximum Gasteiger partial charge on any atom is 0.255 e. The minimum absolute atomic E-state index is 0.176. The molecule has 0 aliphatic heterocycles. The highest BCUT2D eigenvalue weighted by molar-refractivity contribution is 6.04. The lowest BCUT2D eigenvalue weighted by molar-refractivity contribution is 0.102. The number of rotatable bonds is 3. The maximum absolute atomic E-state index is 13.6. The molecule has 2 N–H and O–H groups in total. The monoisotopic (exact) mass is 273 g/mol. The van der Waals surface area contributed by atoms with Crippen molar-refractivity contribution in [2.75, 3.05) is 17.7 Å². The molecule has 20 heavy (non-hydrogen) atoms. The lowest BCUT2D eigenvalue weighted by Gasteiger charge is -2.09. The highest BCUT2D eigenvalue weighted by atomic mass is 19.1. The number of amides is 1. The van der Waals surface area contributed by atoms with Crippen LogP contribution < -0.4 is 10.6 Å². The second kappa shape index (κ2) is 5.69. The summed E-state index contributed by atoms with van der Waals surface area (Å²) in [5, 5.41) is 5.46. The highest BCUT2D eigenvalue weighted by Gasteiger charge is 2.11. The first kappa shape index (κ1) is 14.0. The van der Waals surface area contributed by atoms with Gasteiger partial charge in [0.25, 0.3) is 5.91 Å². The summed E-state index contributed by atoms with van der Waals surface area (Å²) in [5.41, 5.74) is 2.20. The predicted molar refractivity (Wildman–Crippen MR) is 77.6 cm³/mol. The van der Waals surface area contributed by atoms with Gasteiger partial charge in [0, 0.05) is 18.3 Å². The standard InChI is InChI=1S/C15H16FN3O/c1-9-4-5-12(16)13(6-9)19-15(20)11-7-10(2)18-14(8-11)17-3/h4-8H,1-3H3,(H,17,18)(H,19,20). The zero-order valence-electron chi connectivity index (χ0n) is 11.6. The molecule has 0 atom stereocenters. The minimum Gasteiger partial charge on any atom is -0.373 e. The average Bonchev–Trinajstić information content (AvgIpc) is 2.42. The molecule has 0 bridgehead atoms. The third-order valence-electron chi connectivity index (χ3n) is 2.84. The molecular weight excluding hydrogens is 257 g/mol. The molecule has 0 radical (unpaired) electrons. The molecule has 1 amide bonds. The second-order valence-corrected chi connectivity index (χ2v) is 4.57. The first-order valence-corrected chi connectivity index (χ1v) is 6.23. The summed E-state index contributed by atoms with van der Waals surface area (Å²) in [6.45, 7) is 3.63. The Morgan fingerprint density at radius 2 is 1.95 bits per heavy atom. The van der Waals surface area contributed by atoms with Crippen LogP contribution in [0.5, 0.6) is 0 Å². The third-order valence-corrected chi connectivity index (χ3v) is 2.84.